The third-order valence-corrected chi connectivity index (χ3v) is 4.62. The highest BCUT2D eigenvalue weighted by atomic mass is 16.2. The fourth-order valence-electron chi connectivity index (χ4n) is 3.30. The smallest absolute Gasteiger partial charge is 0.321 e. The molecule has 2 aromatic rings. The summed E-state index contributed by atoms with van der Waals surface area (Å²) >= 11 is 0. The van der Waals surface area contributed by atoms with Crippen LogP contribution in [-0.2, 0) is 0 Å². The molecule has 2 N–H and O–H groups in total. The second kappa shape index (κ2) is 7.82. The lowest BCUT2D eigenvalue weighted by Gasteiger charge is -2.27. The molecule has 0 saturated carbocycles. The van der Waals surface area contributed by atoms with Crippen LogP contribution in [0.1, 0.15) is 49.2 Å². The minimum atomic E-state index is -0.106. The van der Waals surface area contributed by atoms with Crippen LogP contribution in [0.3, 0.4) is 0 Å². The lowest BCUT2D eigenvalue weighted by atomic mass is 9.85. The van der Waals surface area contributed by atoms with E-state index in [0.29, 0.717) is 18.7 Å². The minimum absolute atomic E-state index is 0.0530. The van der Waals surface area contributed by atoms with Gasteiger partial charge in [0, 0.05) is 24.3 Å². The van der Waals surface area contributed by atoms with Gasteiger partial charge in [0.25, 0.3) is 5.91 Å². The number of hydrogen-bond acceptors (Lipinski definition) is 2. The maximum atomic E-state index is 12.8. The molecule has 1 aliphatic heterocycles. The van der Waals surface area contributed by atoms with Crippen LogP contribution in [-0.4, -0.2) is 25.0 Å². The monoisotopic (exact) mass is 365 g/mol. The van der Waals surface area contributed by atoms with Gasteiger partial charge in [-0.3, -0.25) is 9.69 Å². The number of hydrogen-bond donors (Lipinski definition) is 2. The average Bonchev–Trinajstić information content (AvgIpc) is 3.07. The number of carbonyl (C=O) groups excluding carboxylic acids is 2. The Hall–Kier alpha value is -2.82. The van der Waals surface area contributed by atoms with E-state index in [-0.39, 0.29) is 23.4 Å². The number of nitrogens with zero attached hydrogens (tertiary/aromatic N) is 1. The van der Waals surface area contributed by atoms with Crippen LogP contribution >= 0.6 is 0 Å². The van der Waals surface area contributed by atoms with Gasteiger partial charge in [-0.25, -0.2) is 4.79 Å². The number of anilines is 1. The highest BCUT2D eigenvalue weighted by molar-refractivity contribution is 5.97. The molecule has 27 heavy (non-hydrogen) atoms. The summed E-state index contributed by atoms with van der Waals surface area (Å²) in [5, 5.41) is 5.95. The van der Waals surface area contributed by atoms with Crippen molar-refractivity contribution in [2.45, 2.75) is 33.2 Å². The van der Waals surface area contributed by atoms with Crippen molar-refractivity contribution in [2.75, 3.05) is 18.0 Å². The first-order valence-corrected chi connectivity index (χ1v) is 9.35. The summed E-state index contributed by atoms with van der Waals surface area (Å²) in [5.41, 5.74) is 2.58. The molecule has 0 bridgehead atoms. The van der Waals surface area contributed by atoms with Gasteiger partial charge < -0.3 is 10.6 Å². The molecule has 0 aromatic heterocycles. The lowest BCUT2D eigenvalue weighted by Crippen LogP contribution is -2.31. The Bertz CT molecular complexity index is 795. The van der Waals surface area contributed by atoms with Gasteiger partial charge in [-0.05, 0) is 41.7 Å². The first-order valence-electron chi connectivity index (χ1n) is 9.35. The molecule has 142 valence electrons. The Labute approximate surface area is 160 Å². The Balaban J connectivity index is 1.74. The largest absolute Gasteiger partial charge is 0.345 e. The van der Waals surface area contributed by atoms with Crippen LogP contribution in [0.4, 0.5) is 10.5 Å². The molecule has 3 amide bonds. The summed E-state index contributed by atoms with van der Waals surface area (Å²) < 4.78 is 0. The first kappa shape index (κ1) is 19.0. The van der Waals surface area contributed by atoms with Crippen molar-refractivity contribution in [2.24, 2.45) is 5.41 Å². The predicted octanol–water partition coefficient (Wildman–Crippen LogP) is 4.12. The van der Waals surface area contributed by atoms with Crippen LogP contribution in [0, 0.1) is 5.41 Å². The molecule has 0 aliphatic carbocycles. The quantitative estimate of drug-likeness (QED) is 0.837. The van der Waals surface area contributed by atoms with E-state index in [1.54, 1.807) is 17.0 Å². The Morgan fingerprint density at radius 3 is 2.33 bits per heavy atom. The first-order chi connectivity index (χ1) is 12.8. The molecule has 1 saturated heterocycles. The normalized spacial score (nSPS) is 15.4. The van der Waals surface area contributed by atoms with E-state index in [0.717, 1.165) is 17.7 Å². The highest BCUT2D eigenvalue weighted by Crippen LogP contribution is 2.29. The molecular formula is C22H27N3O2. The van der Waals surface area contributed by atoms with Gasteiger partial charge in [0.1, 0.15) is 0 Å². The van der Waals surface area contributed by atoms with E-state index >= 15 is 0 Å². The molecule has 0 spiro atoms. The lowest BCUT2D eigenvalue weighted by molar-refractivity contribution is 0.0926. The Morgan fingerprint density at radius 2 is 1.78 bits per heavy atom. The number of nitrogens with one attached hydrogen (secondary N) is 2. The summed E-state index contributed by atoms with van der Waals surface area (Å²) in [7, 11) is 0. The number of rotatable bonds is 5. The Kier molecular flexibility index (Phi) is 5.49. The van der Waals surface area contributed by atoms with Crippen molar-refractivity contribution in [1.29, 1.82) is 0 Å². The van der Waals surface area contributed by atoms with Gasteiger partial charge in [-0.1, -0.05) is 51.1 Å². The standard InChI is InChI=1S/C22H27N3O2/c1-22(2,3)15-19(16-7-5-4-6-8-16)24-20(26)17-9-11-18(12-10-17)25-14-13-23-21(25)27/h4-12,19H,13-15H2,1-3H3,(H,23,27)(H,24,26)/t19-/m1/s1. The molecule has 3 rings (SSSR count). The molecule has 1 fully saturated rings. The molecule has 1 aliphatic rings. The fourth-order valence-corrected chi connectivity index (χ4v) is 3.30. The van der Waals surface area contributed by atoms with Crippen molar-refractivity contribution < 1.29 is 9.59 Å². The van der Waals surface area contributed by atoms with Crippen molar-refractivity contribution >= 4 is 17.6 Å². The second-order valence-corrected chi connectivity index (χ2v) is 8.13. The van der Waals surface area contributed by atoms with Crippen molar-refractivity contribution in [3.63, 3.8) is 0 Å². The third kappa shape index (κ3) is 4.88. The third-order valence-electron chi connectivity index (χ3n) is 4.62. The predicted molar refractivity (Wildman–Crippen MR) is 108 cm³/mol. The number of benzene rings is 2. The van der Waals surface area contributed by atoms with E-state index in [1.165, 1.54) is 0 Å². The highest BCUT2D eigenvalue weighted by Gasteiger charge is 2.23. The Morgan fingerprint density at radius 1 is 1.11 bits per heavy atom. The SMILES string of the molecule is CC(C)(C)C[C@@H](NC(=O)c1ccc(N2CCNC2=O)cc1)c1ccccc1. The molecule has 0 radical (unpaired) electrons. The molecule has 1 heterocycles. The van der Waals surface area contributed by atoms with Gasteiger partial charge in [0.2, 0.25) is 0 Å². The van der Waals surface area contributed by atoms with E-state index in [1.807, 2.05) is 42.5 Å². The molecule has 1 atom stereocenters. The summed E-state index contributed by atoms with van der Waals surface area (Å²) in [6, 6.07) is 17.1. The van der Waals surface area contributed by atoms with Crippen LogP contribution in [0.15, 0.2) is 54.6 Å². The van der Waals surface area contributed by atoms with Crippen molar-refractivity contribution in [3.8, 4) is 0 Å². The van der Waals surface area contributed by atoms with E-state index in [4.69, 9.17) is 0 Å². The average molecular weight is 365 g/mol. The number of urea groups is 1. The van der Waals surface area contributed by atoms with E-state index in [2.05, 4.69) is 31.4 Å². The van der Waals surface area contributed by atoms with Crippen LogP contribution in [0.5, 0.6) is 0 Å². The number of carbonyl (C=O) groups is 2. The van der Waals surface area contributed by atoms with Crippen molar-refractivity contribution in [1.82, 2.24) is 10.6 Å². The van der Waals surface area contributed by atoms with Crippen molar-refractivity contribution in [3.05, 3.63) is 65.7 Å². The second-order valence-electron chi connectivity index (χ2n) is 8.13. The van der Waals surface area contributed by atoms with E-state index < -0.39 is 0 Å². The summed E-state index contributed by atoms with van der Waals surface area (Å²) in [5.74, 6) is -0.106. The zero-order chi connectivity index (χ0) is 19.4. The summed E-state index contributed by atoms with van der Waals surface area (Å²) in [6.07, 6.45) is 0.842. The zero-order valence-electron chi connectivity index (χ0n) is 16.2. The van der Waals surface area contributed by atoms with Gasteiger partial charge in [-0.2, -0.15) is 0 Å². The van der Waals surface area contributed by atoms with Gasteiger partial charge >= 0.3 is 6.03 Å². The van der Waals surface area contributed by atoms with E-state index in [9.17, 15) is 9.59 Å². The number of amides is 3. The van der Waals surface area contributed by atoms with Crippen LogP contribution in [0.2, 0.25) is 0 Å². The summed E-state index contributed by atoms with van der Waals surface area (Å²) in [6.45, 7) is 7.81. The topological polar surface area (TPSA) is 61.4 Å². The molecule has 0 unspecified atom stereocenters. The zero-order valence-corrected chi connectivity index (χ0v) is 16.2. The van der Waals surface area contributed by atoms with Gasteiger partial charge in [-0.15, -0.1) is 0 Å². The molecule has 5 nitrogen and oxygen atoms in total. The van der Waals surface area contributed by atoms with Gasteiger partial charge in [0.15, 0.2) is 0 Å². The minimum Gasteiger partial charge on any atom is -0.345 e. The summed E-state index contributed by atoms with van der Waals surface area (Å²) in [4.78, 5) is 26.2. The van der Waals surface area contributed by atoms with Gasteiger partial charge in [0.05, 0.1) is 6.04 Å². The molecule has 5 heteroatoms. The fraction of sp³-hybridized carbons (Fsp3) is 0.364. The molecular weight excluding hydrogens is 338 g/mol. The van der Waals surface area contributed by atoms with Crippen LogP contribution < -0.4 is 15.5 Å². The van der Waals surface area contributed by atoms with Crippen LogP contribution in [0.25, 0.3) is 0 Å². The maximum Gasteiger partial charge on any atom is 0.321 e. The molecule has 2 aromatic carbocycles. The maximum absolute atomic E-state index is 12.8.